The van der Waals surface area contributed by atoms with Gasteiger partial charge in [-0.25, -0.2) is 8.42 Å². The summed E-state index contributed by atoms with van der Waals surface area (Å²) in [4.78, 5) is 0. The molecule has 0 aromatic heterocycles. The van der Waals surface area contributed by atoms with Crippen LogP contribution >= 0.6 is 0 Å². The van der Waals surface area contributed by atoms with E-state index in [4.69, 9.17) is 0 Å². The van der Waals surface area contributed by atoms with Crippen LogP contribution < -0.4 is 5.32 Å². The lowest BCUT2D eigenvalue weighted by molar-refractivity contribution is 0.512. The van der Waals surface area contributed by atoms with Gasteiger partial charge in [-0.3, -0.25) is 0 Å². The Kier molecular flexibility index (Phi) is 4.13. The van der Waals surface area contributed by atoms with Gasteiger partial charge < -0.3 is 5.32 Å². The molecule has 3 nitrogen and oxygen atoms in total. The Morgan fingerprint density at radius 3 is 2.79 bits per heavy atom. The Bertz CT molecular complexity index is 284. The number of nitrogens with one attached hydrogen (secondary N) is 1. The van der Waals surface area contributed by atoms with Gasteiger partial charge in [0.2, 0.25) is 0 Å². The van der Waals surface area contributed by atoms with Crippen LogP contribution in [-0.2, 0) is 9.84 Å². The predicted octanol–water partition coefficient (Wildman–Crippen LogP) is 1.12. The third kappa shape index (κ3) is 3.10. The van der Waals surface area contributed by atoms with E-state index in [0.717, 1.165) is 32.2 Å². The fraction of sp³-hybridized carbons (Fsp3) is 0.800. The van der Waals surface area contributed by atoms with E-state index in [-0.39, 0.29) is 11.3 Å². The molecule has 0 spiro atoms. The molecule has 1 aliphatic rings. The van der Waals surface area contributed by atoms with E-state index < -0.39 is 9.84 Å². The summed E-state index contributed by atoms with van der Waals surface area (Å²) in [6.07, 6.45) is 6.89. The van der Waals surface area contributed by atoms with Gasteiger partial charge >= 0.3 is 0 Å². The summed E-state index contributed by atoms with van der Waals surface area (Å²) in [6.45, 7) is 4.47. The van der Waals surface area contributed by atoms with Crippen LogP contribution in [0, 0.1) is 0 Å². The maximum Gasteiger partial charge on any atom is 0.151 e. The monoisotopic (exact) mass is 217 g/mol. The molecule has 1 fully saturated rings. The summed E-state index contributed by atoms with van der Waals surface area (Å²) in [5, 5.41) is 3.11. The Hall–Kier alpha value is -0.350. The van der Waals surface area contributed by atoms with Crippen molar-refractivity contribution in [3.8, 4) is 0 Å². The molecule has 0 aromatic rings. The van der Waals surface area contributed by atoms with Gasteiger partial charge in [0.25, 0.3) is 0 Å². The fourth-order valence-electron chi connectivity index (χ4n) is 2.04. The molecule has 0 radical (unpaired) electrons. The number of sulfone groups is 1. The average Bonchev–Trinajstić information content (AvgIpc) is 2.52. The standard InChI is InChI=1S/C10H19NO2S/c1-3-4-8-11-9-6-5-7-10(9)14(2,12)13/h3,9-11H,1,4-8H2,2H3. The smallest absolute Gasteiger partial charge is 0.151 e. The van der Waals surface area contributed by atoms with Crippen molar-refractivity contribution in [2.75, 3.05) is 12.8 Å². The normalized spacial score (nSPS) is 27.8. The van der Waals surface area contributed by atoms with Gasteiger partial charge in [0.05, 0.1) is 5.25 Å². The molecular weight excluding hydrogens is 198 g/mol. The first-order valence-electron chi connectivity index (χ1n) is 5.09. The van der Waals surface area contributed by atoms with Crippen LogP contribution in [-0.4, -0.2) is 32.5 Å². The molecule has 82 valence electrons. The van der Waals surface area contributed by atoms with Crippen LogP contribution in [0.4, 0.5) is 0 Å². The predicted molar refractivity (Wildman–Crippen MR) is 59.1 cm³/mol. The van der Waals surface area contributed by atoms with E-state index in [1.165, 1.54) is 6.26 Å². The van der Waals surface area contributed by atoms with Gasteiger partial charge in [-0.2, -0.15) is 0 Å². The quantitative estimate of drug-likeness (QED) is 0.554. The molecule has 1 saturated carbocycles. The van der Waals surface area contributed by atoms with Crippen LogP contribution in [0.3, 0.4) is 0 Å². The third-order valence-electron chi connectivity index (χ3n) is 2.76. The lowest BCUT2D eigenvalue weighted by Gasteiger charge is -2.18. The Balaban J connectivity index is 2.47. The summed E-state index contributed by atoms with van der Waals surface area (Å²) in [5.74, 6) is 0. The van der Waals surface area contributed by atoms with E-state index >= 15 is 0 Å². The second-order valence-corrected chi connectivity index (χ2v) is 6.20. The summed E-state index contributed by atoms with van der Waals surface area (Å²) in [7, 11) is -2.88. The van der Waals surface area contributed by atoms with E-state index in [0.29, 0.717) is 0 Å². The summed E-state index contributed by atoms with van der Waals surface area (Å²) in [5.41, 5.74) is 0. The van der Waals surface area contributed by atoms with Gasteiger partial charge in [0.1, 0.15) is 0 Å². The first kappa shape index (κ1) is 11.7. The zero-order valence-corrected chi connectivity index (χ0v) is 9.52. The first-order chi connectivity index (χ1) is 6.55. The molecule has 2 atom stereocenters. The topological polar surface area (TPSA) is 46.2 Å². The molecule has 4 heteroatoms. The van der Waals surface area contributed by atoms with E-state index in [2.05, 4.69) is 11.9 Å². The van der Waals surface area contributed by atoms with Gasteiger partial charge in [-0.05, 0) is 25.8 Å². The molecule has 2 unspecified atom stereocenters. The fourth-order valence-corrected chi connectivity index (χ4v) is 3.47. The van der Waals surface area contributed by atoms with Crippen molar-refractivity contribution in [1.29, 1.82) is 0 Å². The Morgan fingerprint density at radius 2 is 2.21 bits per heavy atom. The van der Waals surface area contributed by atoms with Crippen molar-refractivity contribution in [3.63, 3.8) is 0 Å². The second-order valence-electron chi connectivity index (χ2n) is 3.94. The van der Waals surface area contributed by atoms with Gasteiger partial charge in [-0.15, -0.1) is 6.58 Å². The van der Waals surface area contributed by atoms with Crippen molar-refractivity contribution in [3.05, 3.63) is 12.7 Å². The zero-order valence-electron chi connectivity index (χ0n) is 8.70. The molecule has 0 heterocycles. The molecule has 0 aliphatic heterocycles. The highest BCUT2D eigenvalue weighted by molar-refractivity contribution is 7.91. The van der Waals surface area contributed by atoms with Crippen molar-refractivity contribution in [2.45, 2.75) is 37.0 Å². The molecule has 1 rings (SSSR count). The molecule has 1 aliphatic carbocycles. The van der Waals surface area contributed by atoms with Crippen molar-refractivity contribution in [1.82, 2.24) is 5.32 Å². The largest absolute Gasteiger partial charge is 0.312 e. The van der Waals surface area contributed by atoms with E-state index in [1.54, 1.807) is 0 Å². The van der Waals surface area contributed by atoms with Gasteiger partial charge in [0, 0.05) is 12.3 Å². The summed E-state index contributed by atoms with van der Waals surface area (Å²) >= 11 is 0. The lowest BCUT2D eigenvalue weighted by Crippen LogP contribution is -2.40. The molecule has 0 saturated heterocycles. The minimum absolute atomic E-state index is 0.157. The molecule has 0 aromatic carbocycles. The molecule has 1 N–H and O–H groups in total. The SMILES string of the molecule is C=CCCNC1CCCC1S(C)(=O)=O. The maximum atomic E-state index is 11.4. The van der Waals surface area contributed by atoms with Gasteiger partial charge in [0.15, 0.2) is 9.84 Å². The number of rotatable bonds is 5. The molecule has 0 amide bonds. The average molecular weight is 217 g/mol. The Morgan fingerprint density at radius 1 is 1.50 bits per heavy atom. The number of hydrogen-bond acceptors (Lipinski definition) is 3. The van der Waals surface area contributed by atoms with Crippen LogP contribution in [0.15, 0.2) is 12.7 Å². The Labute approximate surface area is 86.5 Å². The minimum Gasteiger partial charge on any atom is -0.312 e. The van der Waals surface area contributed by atoms with Crippen molar-refractivity contribution < 1.29 is 8.42 Å². The minimum atomic E-state index is -2.88. The van der Waals surface area contributed by atoms with E-state index in [9.17, 15) is 8.42 Å². The molecular formula is C10H19NO2S. The van der Waals surface area contributed by atoms with Gasteiger partial charge in [-0.1, -0.05) is 12.5 Å². The highest BCUT2D eigenvalue weighted by Gasteiger charge is 2.33. The van der Waals surface area contributed by atoms with Crippen LogP contribution in [0.25, 0.3) is 0 Å². The highest BCUT2D eigenvalue weighted by Crippen LogP contribution is 2.24. The highest BCUT2D eigenvalue weighted by atomic mass is 32.2. The first-order valence-corrected chi connectivity index (χ1v) is 7.04. The number of hydrogen-bond donors (Lipinski definition) is 1. The molecule has 14 heavy (non-hydrogen) atoms. The third-order valence-corrected chi connectivity index (χ3v) is 4.42. The summed E-state index contributed by atoms with van der Waals surface area (Å²) < 4.78 is 22.8. The van der Waals surface area contributed by atoms with Crippen LogP contribution in [0.1, 0.15) is 25.7 Å². The maximum absolute atomic E-state index is 11.4. The van der Waals surface area contributed by atoms with E-state index in [1.807, 2.05) is 6.08 Å². The second kappa shape index (κ2) is 4.94. The van der Waals surface area contributed by atoms with Crippen LogP contribution in [0.5, 0.6) is 0 Å². The van der Waals surface area contributed by atoms with Crippen molar-refractivity contribution >= 4 is 9.84 Å². The van der Waals surface area contributed by atoms with Crippen molar-refractivity contribution in [2.24, 2.45) is 0 Å². The summed E-state index contributed by atoms with van der Waals surface area (Å²) in [6, 6.07) is 0.157. The van der Waals surface area contributed by atoms with Crippen LogP contribution in [0.2, 0.25) is 0 Å². The zero-order chi connectivity index (χ0) is 10.6. The lowest BCUT2D eigenvalue weighted by atomic mass is 10.2. The molecule has 0 bridgehead atoms.